The van der Waals surface area contributed by atoms with Crippen LogP contribution >= 0.6 is 11.3 Å². The highest BCUT2D eigenvalue weighted by atomic mass is 32.1. The molecule has 0 N–H and O–H groups in total. The summed E-state index contributed by atoms with van der Waals surface area (Å²) in [5.74, 6) is 0. The number of fused-ring (bicyclic) bond motifs is 10. The second-order valence-corrected chi connectivity index (χ2v) is 15.9. The van der Waals surface area contributed by atoms with Crippen molar-refractivity contribution in [3.63, 3.8) is 0 Å². The Morgan fingerprint density at radius 2 is 0.885 bits per heavy atom. The molecule has 52 heavy (non-hydrogen) atoms. The van der Waals surface area contributed by atoms with Crippen molar-refractivity contribution in [3.05, 3.63) is 181 Å². The number of benzene rings is 9. The first kappa shape index (κ1) is 29.7. The van der Waals surface area contributed by atoms with Crippen molar-refractivity contribution < 1.29 is 0 Å². The van der Waals surface area contributed by atoms with Crippen LogP contribution in [0.3, 0.4) is 0 Å². The van der Waals surface area contributed by atoms with E-state index in [0.717, 1.165) is 0 Å². The average Bonchev–Trinajstić information content (AvgIpc) is 3.67. The smallest absolute Gasteiger partial charge is 0.0368 e. The van der Waals surface area contributed by atoms with Gasteiger partial charge in [0.25, 0.3) is 0 Å². The Balaban J connectivity index is 1.15. The van der Waals surface area contributed by atoms with Crippen molar-refractivity contribution in [2.75, 3.05) is 0 Å². The molecule has 0 nitrogen and oxygen atoms in total. The monoisotopic (exact) mass is 678 g/mol. The molecule has 1 aromatic heterocycles. The molecule has 10 aromatic rings. The van der Waals surface area contributed by atoms with E-state index in [1.165, 1.54) is 108 Å². The van der Waals surface area contributed by atoms with Crippen LogP contribution in [0, 0.1) is 0 Å². The first-order chi connectivity index (χ1) is 25.6. The Morgan fingerprint density at radius 3 is 1.60 bits per heavy atom. The Hall–Kier alpha value is -6.02. The number of hydrogen-bond donors (Lipinski definition) is 0. The fraction of sp³-hybridized carbons (Fsp3) is 0.0588. The molecule has 0 radical (unpaired) electrons. The van der Waals surface area contributed by atoms with Crippen molar-refractivity contribution in [1.82, 2.24) is 0 Å². The zero-order valence-electron chi connectivity index (χ0n) is 29.1. The molecule has 0 amide bonds. The van der Waals surface area contributed by atoms with Crippen LogP contribution in [0.1, 0.15) is 25.0 Å². The maximum Gasteiger partial charge on any atom is 0.0368 e. The van der Waals surface area contributed by atoms with Crippen molar-refractivity contribution in [1.29, 1.82) is 0 Å². The zero-order valence-corrected chi connectivity index (χ0v) is 29.9. The quantitative estimate of drug-likeness (QED) is 0.163. The summed E-state index contributed by atoms with van der Waals surface area (Å²) in [4.78, 5) is 0. The third kappa shape index (κ3) is 4.15. The predicted molar refractivity (Wildman–Crippen MR) is 226 cm³/mol. The minimum Gasteiger partial charge on any atom is -0.135 e. The summed E-state index contributed by atoms with van der Waals surface area (Å²) in [6.45, 7) is 4.76. The van der Waals surface area contributed by atoms with Gasteiger partial charge in [-0.05, 0) is 112 Å². The van der Waals surface area contributed by atoms with Gasteiger partial charge in [0.15, 0.2) is 0 Å². The predicted octanol–water partition coefficient (Wildman–Crippen LogP) is 14.8. The summed E-state index contributed by atoms with van der Waals surface area (Å²) in [5, 5.41) is 10.5. The lowest BCUT2D eigenvalue weighted by Crippen LogP contribution is -2.14. The molecule has 0 atom stereocenters. The summed E-state index contributed by atoms with van der Waals surface area (Å²) < 4.78 is 2.70. The van der Waals surface area contributed by atoms with Crippen molar-refractivity contribution in [2.45, 2.75) is 19.3 Å². The van der Waals surface area contributed by atoms with E-state index >= 15 is 0 Å². The summed E-state index contributed by atoms with van der Waals surface area (Å²) in [6, 6.07) is 63.4. The van der Waals surface area contributed by atoms with Crippen molar-refractivity contribution in [2.24, 2.45) is 0 Å². The number of thiophene rings is 1. The maximum atomic E-state index is 2.51. The van der Waals surface area contributed by atoms with Gasteiger partial charge in [-0.25, -0.2) is 0 Å². The van der Waals surface area contributed by atoms with Crippen LogP contribution in [0.15, 0.2) is 170 Å². The molecule has 0 saturated carbocycles. The van der Waals surface area contributed by atoms with Gasteiger partial charge in [0.2, 0.25) is 0 Å². The minimum absolute atomic E-state index is 0.0296. The minimum atomic E-state index is -0.0296. The Labute approximate surface area is 307 Å². The SMILES string of the molecule is CC1(C)c2ccccc2-c2cc3sc4cc(-c5cccc(-c6c7ccccc7c(-c7ccccc7)c7ccccc67)c5)c5ccccc5c4c3cc21. The van der Waals surface area contributed by atoms with Gasteiger partial charge >= 0.3 is 0 Å². The second-order valence-electron chi connectivity index (χ2n) is 14.8. The molecule has 9 aromatic carbocycles. The molecular formula is C51H34S. The van der Waals surface area contributed by atoms with E-state index in [1.54, 1.807) is 0 Å². The highest BCUT2D eigenvalue weighted by molar-refractivity contribution is 7.26. The van der Waals surface area contributed by atoms with E-state index in [2.05, 4.69) is 184 Å². The number of rotatable bonds is 3. The van der Waals surface area contributed by atoms with Crippen LogP contribution in [0.5, 0.6) is 0 Å². The Kier molecular flexibility index (Phi) is 6.27. The van der Waals surface area contributed by atoms with Crippen LogP contribution in [0.2, 0.25) is 0 Å². The molecule has 0 saturated heterocycles. The molecule has 0 unspecified atom stereocenters. The van der Waals surface area contributed by atoms with Gasteiger partial charge in [0.1, 0.15) is 0 Å². The van der Waals surface area contributed by atoms with E-state index in [-0.39, 0.29) is 5.41 Å². The molecule has 1 aliphatic carbocycles. The number of hydrogen-bond acceptors (Lipinski definition) is 1. The van der Waals surface area contributed by atoms with Gasteiger partial charge in [-0.1, -0.05) is 159 Å². The van der Waals surface area contributed by atoms with Crippen molar-refractivity contribution >= 4 is 63.8 Å². The van der Waals surface area contributed by atoms with E-state index < -0.39 is 0 Å². The topological polar surface area (TPSA) is 0 Å². The third-order valence-corrected chi connectivity index (χ3v) is 12.7. The van der Waals surface area contributed by atoms with Gasteiger partial charge < -0.3 is 0 Å². The van der Waals surface area contributed by atoms with Crippen molar-refractivity contribution in [3.8, 4) is 44.5 Å². The third-order valence-electron chi connectivity index (χ3n) is 11.6. The lowest BCUT2D eigenvalue weighted by Gasteiger charge is -2.21. The van der Waals surface area contributed by atoms with Crippen LogP contribution in [-0.4, -0.2) is 0 Å². The Bertz CT molecular complexity index is 3030. The zero-order chi connectivity index (χ0) is 34.6. The van der Waals surface area contributed by atoms with Gasteiger partial charge in [0.05, 0.1) is 0 Å². The normalized spacial score (nSPS) is 13.3. The molecular weight excluding hydrogens is 645 g/mol. The molecule has 1 heterocycles. The molecule has 0 bridgehead atoms. The van der Waals surface area contributed by atoms with Crippen LogP contribution < -0.4 is 0 Å². The van der Waals surface area contributed by atoms with Gasteiger partial charge in [-0.15, -0.1) is 11.3 Å². The second kappa shape index (κ2) is 11.0. The Morgan fingerprint density at radius 1 is 0.346 bits per heavy atom. The highest BCUT2D eigenvalue weighted by Gasteiger charge is 2.35. The molecule has 11 rings (SSSR count). The van der Waals surface area contributed by atoms with Gasteiger partial charge in [-0.2, -0.15) is 0 Å². The first-order valence-corrected chi connectivity index (χ1v) is 19.0. The van der Waals surface area contributed by atoms with E-state index in [9.17, 15) is 0 Å². The summed E-state index contributed by atoms with van der Waals surface area (Å²) in [7, 11) is 0. The van der Waals surface area contributed by atoms with E-state index in [1.807, 2.05) is 11.3 Å². The average molecular weight is 679 g/mol. The molecule has 1 aliphatic rings. The summed E-state index contributed by atoms with van der Waals surface area (Å²) >= 11 is 1.93. The first-order valence-electron chi connectivity index (χ1n) is 18.2. The fourth-order valence-electron chi connectivity index (χ4n) is 9.27. The van der Waals surface area contributed by atoms with Crippen LogP contribution in [-0.2, 0) is 5.41 Å². The lowest BCUT2D eigenvalue weighted by molar-refractivity contribution is 0.661. The van der Waals surface area contributed by atoms with Crippen LogP contribution in [0.4, 0.5) is 0 Å². The van der Waals surface area contributed by atoms with Gasteiger partial charge in [-0.3, -0.25) is 0 Å². The fourth-order valence-corrected chi connectivity index (χ4v) is 10.5. The summed E-state index contributed by atoms with van der Waals surface area (Å²) in [6.07, 6.45) is 0. The van der Waals surface area contributed by atoms with E-state index in [4.69, 9.17) is 0 Å². The van der Waals surface area contributed by atoms with Gasteiger partial charge in [0, 0.05) is 25.6 Å². The lowest BCUT2D eigenvalue weighted by atomic mass is 9.82. The largest absolute Gasteiger partial charge is 0.135 e. The molecule has 0 spiro atoms. The highest BCUT2D eigenvalue weighted by Crippen LogP contribution is 2.53. The molecule has 0 aliphatic heterocycles. The standard InChI is InChI=1S/C51H34S/c1-51(2)44-26-13-12-20-35(44)42-30-46-43(28-45(42)51)50-36-21-7-6-19-34(36)41(29-47(50)52-46)32-17-14-18-33(27-32)49-39-24-10-8-22-37(39)48(31-15-4-3-5-16-31)38-23-9-11-25-40(38)49/h3-30H,1-2H3. The maximum absolute atomic E-state index is 2.51. The molecule has 244 valence electrons. The molecule has 1 heteroatoms. The molecule has 0 fully saturated rings. The summed E-state index contributed by atoms with van der Waals surface area (Å²) in [5.41, 5.74) is 13.2. The van der Waals surface area contributed by atoms with E-state index in [0.29, 0.717) is 0 Å². The van der Waals surface area contributed by atoms with Crippen LogP contribution in [0.25, 0.3) is 97.0 Å².